The summed E-state index contributed by atoms with van der Waals surface area (Å²) in [6.45, 7) is 7.05. The Hall–Kier alpha value is -5.76. The molecule has 2 aliphatic heterocycles. The van der Waals surface area contributed by atoms with Crippen LogP contribution in [0.25, 0.3) is 33.6 Å². The van der Waals surface area contributed by atoms with E-state index in [1.807, 2.05) is 48.5 Å². The van der Waals surface area contributed by atoms with E-state index in [0.717, 1.165) is 34.8 Å². The number of nitrogens with one attached hydrogen (secondary N) is 4. The van der Waals surface area contributed by atoms with Crippen LogP contribution in [0, 0.1) is 11.8 Å². The van der Waals surface area contributed by atoms with Crippen LogP contribution in [0.2, 0.25) is 0 Å². The van der Waals surface area contributed by atoms with E-state index < -0.39 is 78.3 Å². The van der Waals surface area contributed by atoms with Crippen LogP contribution < -0.4 is 10.6 Å². The number of hydrogen-bond donors (Lipinski definition) is 4. The number of methoxy groups -OCH3 is 2. The average molecular weight is 895 g/mol. The molecule has 4 aromatic rings. The SMILES string of the molecule is COC(=O)N[C@H](C(=O)N1C[C@@H](S(C)(=O)=O)C[C@@H]1c1ncc(-c2ccc(-c3ccc(-c4cnc([C@@H]5C[C@H](S(C)(=O)=O)CN5C(=O)[C@H](NC(=O)OC)C(C)C)[nH]4)cc3)cc2)[nH]1)C(C)C. The quantitative estimate of drug-likeness (QED) is 0.147. The molecule has 2 aromatic heterocycles. The Kier molecular flexibility index (Phi) is 13.5. The van der Waals surface area contributed by atoms with Gasteiger partial charge in [-0.05, 0) is 46.9 Å². The number of hydrogen-bond acceptors (Lipinski definition) is 12. The van der Waals surface area contributed by atoms with Crippen molar-refractivity contribution in [2.75, 3.05) is 39.8 Å². The normalized spacial score (nSPS) is 20.3. The molecule has 4 N–H and O–H groups in total. The van der Waals surface area contributed by atoms with Crippen molar-refractivity contribution < 1.29 is 45.5 Å². The molecule has 0 spiro atoms. The van der Waals surface area contributed by atoms with Gasteiger partial charge in [0.15, 0.2) is 19.7 Å². The minimum atomic E-state index is -3.50. The molecule has 0 radical (unpaired) electrons. The fourth-order valence-electron chi connectivity index (χ4n) is 7.97. The first-order chi connectivity index (χ1) is 29.2. The summed E-state index contributed by atoms with van der Waals surface area (Å²) in [5.41, 5.74) is 4.83. The van der Waals surface area contributed by atoms with E-state index in [9.17, 15) is 36.0 Å². The molecule has 6 atom stereocenters. The number of aromatic amines is 2. The summed E-state index contributed by atoms with van der Waals surface area (Å²) in [7, 11) is -4.58. The van der Waals surface area contributed by atoms with Gasteiger partial charge >= 0.3 is 12.2 Å². The standard InChI is InChI=1S/C42H54N8O10S2/c1-23(2)35(47-41(53)59-5)39(51)49-21-29(61(7,55)56)17-33(49)37-43-19-31(45-37)27-13-9-25(10-14-27)26-11-15-28(16-12-26)32-20-44-38(46-32)34-18-30(62(8,57)58)22-50(34)40(52)36(24(3)4)48-42(54)60-6/h9-16,19-20,23-24,29-30,33-36H,17-18,21-22H2,1-8H3,(H,43,45)(H,44,46)(H,47,53)(H,48,54)/t29-,30-,33-,34+,35+,36-/m0/s1. The van der Waals surface area contributed by atoms with Gasteiger partial charge in [-0.1, -0.05) is 76.2 Å². The van der Waals surface area contributed by atoms with Crippen LogP contribution in [0.5, 0.6) is 0 Å². The van der Waals surface area contributed by atoms with Gasteiger partial charge < -0.3 is 39.9 Å². The number of amides is 4. The molecule has 0 unspecified atom stereocenters. The van der Waals surface area contributed by atoms with Gasteiger partial charge in [0.25, 0.3) is 0 Å². The van der Waals surface area contributed by atoms with Crippen molar-refractivity contribution in [3.63, 3.8) is 0 Å². The van der Waals surface area contributed by atoms with Crippen LogP contribution in [0.3, 0.4) is 0 Å². The molecular weight excluding hydrogens is 841 g/mol. The second kappa shape index (κ2) is 18.3. The van der Waals surface area contributed by atoms with Crippen LogP contribution >= 0.6 is 0 Å². The second-order valence-corrected chi connectivity index (χ2v) is 21.3. The van der Waals surface area contributed by atoms with E-state index in [0.29, 0.717) is 23.0 Å². The summed E-state index contributed by atoms with van der Waals surface area (Å²) >= 11 is 0. The second-order valence-electron chi connectivity index (χ2n) is 16.6. The zero-order valence-electron chi connectivity index (χ0n) is 35.9. The van der Waals surface area contributed by atoms with Crippen molar-refractivity contribution in [3.05, 3.63) is 72.6 Å². The topological polar surface area (TPSA) is 243 Å². The van der Waals surface area contributed by atoms with Crippen LogP contribution in [-0.2, 0) is 38.7 Å². The molecule has 62 heavy (non-hydrogen) atoms. The van der Waals surface area contributed by atoms with E-state index >= 15 is 0 Å². The van der Waals surface area contributed by atoms with Crippen molar-refractivity contribution >= 4 is 43.7 Å². The fourth-order valence-corrected chi connectivity index (χ4v) is 9.89. The maximum atomic E-state index is 13.8. The number of sulfone groups is 2. The minimum absolute atomic E-state index is 0.0398. The molecule has 18 nitrogen and oxygen atoms in total. The summed E-state index contributed by atoms with van der Waals surface area (Å²) in [6.07, 6.45) is 4.36. The Morgan fingerprint density at radius 3 is 1.23 bits per heavy atom. The number of aromatic nitrogens is 4. The number of carbonyl (C=O) groups is 4. The monoisotopic (exact) mass is 894 g/mol. The highest BCUT2D eigenvalue weighted by Gasteiger charge is 2.46. The lowest BCUT2D eigenvalue weighted by Gasteiger charge is -2.30. The fraction of sp³-hybridized carbons (Fsp3) is 0.476. The third-order valence-corrected chi connectivity index (χ3v) is 14.7. The highest BCUT2D eigenvalue weighted by molar-refractivity contribution is 7.91. The highest BCUT2D eigenvalue weighted by atomic mass is 32.2. The highest BCUT2D eigenvalue weighted by Crippen LogP contribution is 2.38. The number of likely N-dealkylation sites (tertiary alicyclic amines) is 2. The van der Waals surface area contributed by atoms with Crippen molar-refractivity contribution in [1.82, 2.24) is 40.4 Å². The summed E-state index contributed by atoms with van der Waals surface area (Å²) in [5, 5.41) is 3.56. The van der Waals surface area contributed by atoms with Gasteiger partial charge in [0.1, 0.15) is 23.7 Å². The molecule has 4 amide bonds. The number of ether oxygens (including phenoxy) is 2. The molecule has 0 saturated carbocycles. The lowest BCUT2D eigenvalue weighted by molar-refractivity contribution is -0.136. The molecule has 2 aliphatic rings. The Balaban J connectivity index is 1.18. The van der Waals surface area contributed by atoms with Gasteiger partial charge in [0, 0.05) is 25.6 Å². The van der Waals surface area contributed by atoms with Crippen LogP contribution in [0.4, 0.5) is 9.59 Å². The smallest absolute Gasteiger partial charge is 0.407 e. The molecular formula is C42H54N8O10S2. The number of benzene rings is 2. The first-order valence-corrected chi connectivity index (χ1v) is 24.1. The maximum Gasteiger partial charge on any atom is 0.407 e. The van der Waals surface area contributed by atoms with Crippen molar-refractivity contribution in [2.45, 2.75) is 75.2 Å². The number of nitrogens with zero attached hydrogens (tertiary/aromatic N) is 4. The van der Waals surface area contributed by atoms with E-state index in [-0.39, 0.29) is 37.8 Å². The van der Waals surface area contributed by atoms with Gasteiger partial charge in [0.05, 0.1) is 60.6 Å². The van der Waals surface area contributed by atoms with E-state index in [1.165, 1.54) is 24.0 Å². The molecule has 2 aromatic carbocycles. The van der Waals surface area contributed by atoms with Gasteiger partial charge in [0.2, 0.25) is 11.8 Å². The van der Waals surface area contributed by atoms with Gasteiger partial charge in [-0.2, -0.15) is 0 Å². The predicted octanol–water partition coefficient (Wildman–Crippen LogP) is 4.27. The van der Waals surface area contributed by atoms with Crippen LogP contribution in [0.15, 0.2) is 60.9 Å². The molecule has 4 heterocycles. The third-order valence-electron chi connectivity index (χ3n) is 11.6. The minimum Gasteiger partial charge on any atom is -0.453 e. The maximum absolute atomic E-state index is 13.8. The van der Waals surface area contributed by atoms with Crippen LogP contribution in [0.1, 0.15) is 64.3 Å². The molecule has 334 valence electrons. The zero-order valence-corrected chi connectivity index (χ0v) is 37.5. The summed E-state index contributed by atoms with van der Waals surface area (Å²) in [5.74, 6) is -0.590. The van der Waals surface area contributed by atoms with E-state index in [2.05, 4.69) is 30.6 Å². The lowest BCUT2D eigenvalue weighted by atomic mass is 10.0. The van der Waals surface area contributed by atoms with E-state index in [1.54, 1.807) is 40.1 Å². The predicted molar refractivity (Wildman–Crippen MR) is 231 cm³/mol. The van der Waals surface area contributed by atoms with E-state index in [4.69, 9.17) is 9.47 Å². The average Bonchev–Trinajstić information content (AvgIpc) is 4.06. The van der Waals surface area contributed by atoms with Crippen LogP contribution in [-0.4, -0.2) is 133 Å². The van der Waals surface area contributed by atoms with Gasteiger partial charge in [-0.25, -0.2) is 36.4 Å². The Morgan fingerprint density at radius 1 is 0.613 bits per heavy atom. The number of rotatable bonds is 13. The number of imidazole rings is 2. The molecule has 6 rings (SSSR count). The molecule has 2 fully saturated rings. The van der Waals surface area contributed by atoms with Crippen molar-refractivity contribution in [2.24, 2.45) is 11.8 Å². The first kappa shape index (κ1) is 45.8. The first-order valence-electron chi connectivity index (χ1n) is 20.2. The lowest BCUT2D eigenvalue weighted by Crippen LogP contribution is -2.51. The zero-order chi connectivity index (χ0) is 45.3. The summed E-state index contributed by atoms with van der Waals surface area (Å²) in [6, 6.07) is 12.3. The Labute approximate surface area is 361 Å². The van der Waals surface area contributed by atoms with Crippen molar-refractivity contribution in [1.29, 1.82) is 0 Å². The van der Waals surface area contributed by atoms with Gasteiger partial charge in [-0.3, -0.25) is 9.59 Å². The Bertz CT molecular complexity index is 2330. The molecule has 2 saturated heterocycles. The molecule has 0 aliphatic carbocycles. The summed E-state index contributed by atoms with van der Waals surface area (Å²) in [4.78, 5) is 70.5. The number of alkyl carbamates (subject to hydrolysis) is 2. The Morgan fingerprint density at radius 2 is 0.935 bits per heavy atom. The number of carbonyl (C=O) groups excluding carboxylic acids is 4. The third kappa shape index (κ3) is 9.96. The summed E-state index contributed by atoms with van der Waals surface area (Å²) < 4.78 is 60.1. The largest absolute Gasteiger partial charge is 0.453 e. The number of H-pyrrole nitrogens is 2. The molecule has 20 heteroatoms. The van der Waals surface area contributed by atoms with Crippen molar-refractivity contribution in [3.8, 4) is 33.6 Å². The van der Waals surface area contributed by atoms with Gasteiger partial charge in [-0.15, -0.1) is 0 Å². The molecule has 0 bridgehead atoms.